The van der Waals surface area contributed by atoms with E-state index in [0.29, 0.717) is 4.68 Å². The number of halogens is 3. The number of carboxylic acids is 1. The summed E-state index contributed by atoms with van der Waals surface area (Å²) >= 11 is 0. The van der Waals surface area contributed by atoms with E-state index in [1.807, 2.05) is 0 Å². The van der Waals surface area contributed by atoms with Crippen LogP contribution in [0.15, 0.2) is 18.5 Å². The molecular formula is C7H6F3N2O2+. The van der Waals surface area contributed by atoms with Crippen molar-refractivity contribution >= 4 is 5.97 Å². The molecule has 0 spiro atoms. The lowest BCUT2D eigenvalue weighted by atomic mass is 10.3. The maximum absolute atomic E-state index is 11.8. The fourth-order valence-electron chi connectivity index (χ4n) is 0.788. The molecule has 0 fully saturated rings. The zero-order valence-corrected chi connectivity index (χ0v) is 6.82. The van der Waals surface area contributed by atoms with Gasteiger partial charge >= 0.3 is 12.1 Å². The van der Waals surface area contributed by atoms with Crippen LogP contribution >= 0.6 is 0 Å². The van der Waals surface area contributed by atoms with Crippen LogP contribution in [0.3, 0.4) is 0 Å². The molecule has 0 bridgehead atoms. The molecule has 76 valence electrons. The summed E-state index contributed by atoms with van der Waals surface area (Å²) in [6, 6.07) is 1.06. The lowest BCUT2D eigenvalue weighted by Crippen LogP contribution is -2.44. The van der Waals surface area contributed by atoms with E-state index >= 15 is 0 Å². The summed E-state index contributed by atoms with van der Waals surface area (Å²) in [5, 5.41) is 11.7. The maximum Gasteiger partial charge on any atom is 0.451 e. The van der Waals surface area contributed by atoms with Crippen LogP contribution < -0.4 is 4.68 Å². The van der Waals surface area contributed by atoms with E-state index < -0.39 is 18.7 Å². The van der Waals surface area contributed by atoms with Gasteiger partial charge in [-0.2, -0.15) is 13.2 Å². The van der Waals surface area contributed by atoms with Gasteiger partial charge in [0.25, 0.3) is 6.54 Å². The lowest BCUT2D eigenvalue weighted by molar-refractivity contribution is -0.772. The quantitative estimate of drug-likeness (QED) is 0.723. The van der Waals surface area contributed by atoms with Crippen LogP contribution in [0.4, 0.5) is 13.2 Å². The molecule has 1 aromatic heterocycles. The van der Waals surface area contributed by atoms with Crippen LogP contribution in [0.1, 0.15) is 10.4 Å². The third-order valence-electron chi connectivity index (χ3n) is 1.36. The molecule has 0 aromatic carbocycles. The van der Waals surface area contributed by atoms with Crippen LogP contribution in [0.2, 0.25) is 0 Å². The Morgan fingerprint density at radius 3 is 2.57 bits per heavy atom. The van der Waals surface area contributed by atoms with Crippen molar-refractivity contribution in [3.8, 4) is 0 Å². The molecule has 1 heterocycles. The molecule has 0 aliphatic carbocycles. The highest BCUT2D eigenvalue weighted by Gasteiger charge is 2.34. The van der Waals surface area contributed by atoms with Gasteiger partial charge in [0.1, 0.15) is 6.20 Å². The normalized spacial score (nSPS) is 11.4. The highest BCUT2D eigenvalue weighted by atomic mass is 19.4. The highest BCUT2D eigenvalue weighted by Crippen LogP contribution is 2.13. The molecule has 0 saturated heterocycles. The molecule has 1 rings (SSSR count). The maximum atomic E-state index is 11.8. The number of aromatic nitrogens is 2. The molecule has 14 heavy (non-hydrogen) atoms. The van der Waals surface area contributed by atoms with Crippen LogP contribution in [-0.2, 0) is 6.54 Å². The van der Waals surface area contributed by atoms with Crippen LogP contribution in [0, 0.1) is 0 Å². The van der Waals surface area contributed by atoms with E-state index in [9.17, 15) is 18.0 Å². The minimum Gasteiger partial charge on any atom is -0.478 e. The van der Waals surface area contributed by atoms with Crippen molar-refractivity contribution in [3.05, 3.63) is 24.0 Å². The molecule has 0 amide bonds. The zero-order chi connectivity index (χ0) is 10.8. The Balaban J connectivity index is 2.79. The summed E-state index contributed by atoms with van der Waals surface area (Å²) in [5.41, 5.74) is -0.150. The number of hydrogen-bond acceptors (Lipinski definition) is 2. The largest absolute Gasteiger partial charge is 0.478 e. The van der Waals surface area contributed by atoms with Gasteiger partial charge in [-0.3, -0.25) is 0 Å². The predicted molar refractivity (Wildman–Crippen MR) is 37.4 cm³/mol. The first-order valence-electron chi connectivity index (χ1n) is 3.54. The van der Waals surface area contributed by atoms with Crippen molar-refractivity contribution in [2.75, 3.05) is 0 Å². The summed E-state index contributed by atoms with van der Waals surface area (Å²) in [5.74, 6) is -1.23. The second-order valence-corrected chi connectivity index (χ2v) is 2.53. The van der Waals surface area contributed by atoms with Gasteiger partial charge in [0, 0.05) is 6.07 Å². The first-order valence-corrected chi connectivity index (χ1v) is 3.54. The van der Waals surface area contributed by atoms with E-state index in [-0.39, 0.29) is 5.56 Å². The van der Waals surface area contributed by atoms with E-state index in [0.717, 1.165) is 18.5 Å². The average molecular weight is 207 g/mol. The topological polar surface area (TPSA) is 54.1 Å². The van der Waals surface area contributed by atoms with Crippen molar-refractivity contribution in [2.24, 2.45) is 0 Å². The number of carboxylic acid groups (broad SMARTS) is 1. The van der Waals surface area contributed by atoms with Crippen LogP contribution in [0.5, 0.6) is 0 Å². The molecule has 0 saturated carbocycles. The molecule has 0 aliphatic rings. The summed E-state index contributed by atoms with van der Waals surface area (Å²) in [7, 11) is 0. The second-order valence-electron chi connectivity index (χ2n) is 2.53. The Morgan fingerprint density at radius 2 is 2.21 bits per heavy atom. The molecule has 4 nitrogen and oxygen atoms in total. The van der Waals surface area contributed by atoms with Crippen molar-refractivity contribution in [2.45, 2.75) is 12.7 Å². The second kappa shape index (κ2) is 3.60. The standard InChI is InChI=1S/C7H5F3N2O2/c8-7(9,10)4-12-2-1-5(3-11-12)6(13)14/h1-3H,4H2/p+1. The number of rotatable bonds is 2. The van der Waals surface area contributed by atoms with Crippen molar-refractivity contribution in [3.63, 3.8) is 0 Å². The molecule has 7 heteroatoms. The monoisotopic (exact) mass is 207 g/mol. The van der Waals surface area contributed by atoms with Crippen LogP contribution in [0.25, 0.3) is 0 Å². The highest BCUT2D eigenvalue weighted by molar-refractivity contribution is 5.86. The Kier molecular flexibility index (Phi) is 2.68. The summed E-state index contributed by atoms with van der Waals surface area (Å²) in [6.45, 7) is -1.23. The number of alkyl halides is 3. The number of nitrogens with zero attached hydrogens (tertiary/aromatic N) is 2. The van der Waals surface area contributed by atoms with E-state index in [4.69, 9.17) is 5.11 Å². The van der Waals surface area contributed by atoms with Gasteiger partial charge in [-0.25, -0.2) is 4.79 Å². The summed E-state index contributed by atoms with van der Waals surface area (Å²) in [6.07, 6.45) is -2.52. The minimum atomic E-state index is -4.36. The first kappa shape index (κ1) is 10.4. The van der Waals surface area contributed by atoms with Gasteiger partial charge in [-0.15, -0.1) is 0 Å². The Hall–Kier alpha value is -1.66. The minimum absolute atomic E-state index is 0.150. The van der Waals surface area contributed by atoms with Gasteiger partial charge in [0.15, 0.2) is 6.20 Å². The summed E-state index contributed by atoms with van der Waals surface area (Å²) < 4.78 is 36.1. The van der Waals surface area contributed by atoms with Crippen molar-refractivity contribution < 1.29 is 27.8 Å². The van der Waals surface area contributed by atoms with Gasteiger partial charge < -0.3 is 5.11 Å². The van der Waals surface area contributed by atoms with Crippen LogP contribution in [-0.4, -0.2) is 22.4 Å². The Morgan fingerprint density at radius 1 is 1.57 bits per heavy atom. The zero-order valence-electron chi connectivity index (χ0n) is 6.82. The SMILES string of the molecule is O=C(O)c1cc[n+](CC(F)(F)F)nc1. The smallest absolute Gasteiger partial charge is 0.451 e. The summed E-state index contributed by atoms with van der Waals surface area (Å²) in [4.78, 5) is 10.3. The number of carbonyl (C=O) groups is 1. The molecule has 1 N–H and O–H groups in total. The molecule has 0 radical (unpaired) electrons. The van der Waals surface area contributed by atoms with Gasteiger partial charge in [-0.05, 0) is 5.10 Å². The third-order valence-corrected chi connectivity index (χ3v) is 1.36. The van der Waals surface area contributed by atoms with Gasteiger partial charge in [0.2, 0.25) is 0 Å². The molecule has 0 unspecified atom stereocenters. The average Bonchev–Trinajstić information content (AvgIpc) is 2.02. The van der Waals surface area contributed by atoms with Gasteiger partial charge in [-0.1, -0.05) is 4.68 Å². The molecule has 0 aliphatic heterocycles. The molecule has 1 aromatic rings. The van der Waals surface area contributed by atoms with Crippen molar-refractivity contribution in [1.82, 2.24) is 5.10 Å². The fourth-order valence-corrected chi connectivity index (χ4v) is 0.788. The van der Waals surface area contributed by atoms with E-state index in [1.54, 1.807) is 0 Å². The lowest BCUT2D eigenvalue weighted by Gasteiger charge is -1.99. The molecular weight excluding hydrogens is 201 g/mol. The fraction of sp³-hybridized carbons (Fsp3) is 0.286. The van der Waals surface area contributed by atoms with E-state index in [2.05, 4.69) is 5.10 Å². The first-order chi connectivity index (χ1) is 6.38. The predicted octanol–water partition coefficient (Wildman–Crippen LogP) is 0.630. The number of aromatic carboxylic acids is 1. The van der Waals surface area contributed by atoms with Gasteiger partial charge in [0.05, 0.1) is 5.56 Å². The molecule has 0 atom stereocenters. The Labute approximate surface area is 76.6 Å². The number of hydrogen-bond donors (Lipinski definition) is 1. The Bertz CT molecular complexity index is 334. The van der Waals surface area contributed by atoms with E-state index in [1.165, 1.54) is 0 Å². The third kappa shape index (κ3) is 3.00. The van der Waals surface area contributed by atoms with Crippen molar-refractivity contribution in [1.29, 1.82) is 0 Å².